The fraction of sp³-hybridized carbons (Fsp3) is 0.364. The molecule has 0 saturated carbocycles. The predicted molar refractivity (Wildman–Crippen MR) is 122 cm³/mol. The van der Waals surface area contributed by atoms with Crippen LogP contribution in [0.15, 0.2) is 47.4 Å². The number of aryl methyl sites for hydroxylation is 1. The highest BCUT2D eigenvalue weighted by Crippen LogP contribution is 2.29. The summed E-state index contributed by atoms with van der Waals surface area (Å²) in [6.45, 7) is 5.64. The molecular formula is C22H26ClN3O4S. The average Bonchev–Trinajstić information content (AvgIpc) is 2.70. The minimum absolute atomic E-state index is 0.0675. The van der Waals surface area contributed by atoms with Gasteiger partial charge in [0.15, 0.2) is 0 Å². The molecule has 2 aromatic carbocycles. The Bertz CT molecular complexity index is 1100. The molecule has 9 heteroatoms. The standard InChI is InChI=1S/C22H26ClN3O4S/c1-14(2)21(22(28)24-18-8-4-7-17(23)13-18)25-31(29,30)19-9-10-20-16(12-19)6-5-11-26(20)15(3)27/h4,7-10,12-14,21,25H,5-6,11H2,1-3H3,(H,24,28)/t21-/m1/s1. The summed E-state index contributed by atoms with van der Waals surface area (Å²) in [6.07, 6.45) is 1.45. The maximum Gasteiger partial charge on any atom is 0.242 e. The first-order chi connectivity index (χ1) is 14.6. The summed E-state index contributed by atoms with van der Waals surface area (Å²) in [4.78, 5) is 26.4. The number of fused-ring (bicyclic) bond motifs is 1. The van der Waals surface area contributed by atoms with Gasteiger partial charge in [0.25, 0.3) is 0 Å². The molecule has 1 aliphatic heterocycles. The lowest BCUT2D eigenvalue weighted by molar-refractivity contribution is -0.118. The van der Waals surface area contributed by atoms with Gasteiger partial charge in [-0.25, -0.2) is 8.42 Å². The third-order valence-electron chi connectivity index (χ3n) is 5.18. The smallest absolute Gasteiger partial charge is 0.242 e. The van der Waals surface area contributed by atoms with E-state index in [4.69, 9.17) is 11.6 Å². The summed E-state index contributed by atoms with van der Waals surface area (Å²) >= 11 is 5.96. The van der Waals surface area contributed by atoms with Crippen LogP contribution in [-0.4, -0.2) is 32.8 Å². The second-order valence-electron chi connectivity index (χ2n) is 7.91. The summed E-state index contributed by atoms with van der Waals surface area (Å²) in [5.41, 5.74) is 2.02. The van der Waals surface area contributed by atoms with E-state index in [1.165, 1.54) is 13.0 Å². The molecule has 1 atom stereocenters. The molecule has 2 aromatic rings. The third-order valence-corrected chi connectivity index (χ3v) is 6.86. The van der Waals surface area contributed by atoms with Crippen molar-refractivity contribution in [1.29, 1.82) is 0 Å². The molecule has 0 aromatic heterocycles. The van der Waals surface area contributed by atoms with Gasteiger partial charge in [0.05, 0.1) is 4.90 Å². The van der Waals surface area contributed by atoms with Crippen LogP contribution < -0.4 is 14.9 Å². The largest absolute Gasteiger partial charge is 0.325 e. The van der Waals surface area contributed by atoms with Crippen molar-refractivity contribution in [1.82, 2.24) is 4.72 Å². The number of carbonyl (C=O) groups is 2. The molecule has 0 unspecified atom stereocenters. The van der Waals surface area contributed by atoms with E-state index in [9.17, 15) is 18.0 Å². The fourth-order valence-electron chi connectivity index (χ4n) is 3.58. The van der Waals surface area contributed by atoms with E-state index in [-0.39, 0.29) is 16.7 Å². The van der Waals surface area contributed by atoms with Crippen LogP contribution in [0.4, 0.5) is 11.4 Å². The Balaban J connectivity index is 1.83. The summed E-state index contributed by atoms with van der Waals surface area (Å²) < 4.78 is 28.7. The number of halogens is 1. The topological polar surface area (TPSA) is 95.6 Å². The van der Waals surface area contributed by atoms with Crippen LogP contribution >= 0.6 is 11.6 Å². The maximum atomic E-state index is 13.1. The number of anilines is 2. The van der Waals surface area contributed by atoms with E-state index < -0.39 is 22.0 Å². The second kappa shape index (κ2) is 9.38. The Kier molecular flexibility index (Phi) is 7.03. The van der Waals surface area contributed by atoms with Gasteiger partial charge >= 0.3 is 0 Å². The van der Waals surface area contributed by atoms with E-state index in [1.807, 2.05) is 0 Å². The van der Waals surface area contributed by atoms with Gasteiger partial charge in [-0.3, -0.25) is 9.59 Å². The van der Waals surface area contributed by atoms with E-state index in [0.29, 0.717) is 23.7 Å². The molecule has 7 nitrogen and oxygen atoms in total. The number of hydrogen-bond acceptors (Lipinski definition) is 4. The van der Waals surface area contributed by atoms with Gasteiger partial charge in [-0.15, -0.1) is 0 Å². The van der Waals surface area contributed by atoms with Gasteiger partial charge in [-0.05, 0) is 60.7 Å². The number of carbonyl (C=O) groups excluding carboxylic acids is 2. The molecule has 0 fully saturated rings. The second-order valence-corrected chi connectivity index (χ2v) is 10.1. The molecule has 0 spiro atoms. The molecule has 0 aliphatic carbocycles. The van der Waals surface area contributed by atoms with Crippen molar-refractivity contribution in [3.8, 4) is 0 Å². The highest BCUT2D eigenvalue weighted by molar-refractivity contribution is 7.89. The molecule has 1 heterocycles. The van der Waals surface area contributed by atoms with Crippen molar-refractivity contribution in [2.45, 2.75) is 44.6 Å². The first-order valence-corrected chi connectivity index (χ1v) is 11.9. The molecule has 166 valence electrons. The summed E-state index contributed by atoms with van der Waals surface area (Å²) in [7, 11) is -3.96. The van der Waals surface area contributed by atoms with Gasteiger partial charge < -0.3 is 10.2 Å². The van der Waals surface area contributed by atoms with E-state index in [2.05, 4.69) is 10.0 Å². The molecule has 2 N–H and O–H groups in total. The Morgan fingerprint density at radius 1 is 1.13 bits per heavy atom. The van der Waals surface area contributed by atoms with Crippen molar-refractivity contribution in [3.05, 3.63) is 53.1 Å². The van der Waals surface area contributed by atoms with Crippen LogP contribution in [0.5, 0.6) is 0 Å². The molecule has 0 bridgehead atoms. The zero-order valence-electron chi connectivity index (χ0n) is 17.7. The summed E-state index contributed by atoms with van der Waals surface area (Å²) in [6, 6.07) is 10.4. The summed E-state index contributed by atoms with van der Waals surface area (Å²) in [5, 5.41) is 3.18. The lowest BCUT2D eigenvalue weighted by Gasteiger charge is -2.29. The van der Waals surface area contributed by atoms with Crippen molar-refractivity contribution < 1.29 is 18.0 Å². The lowest BCUT2D eigenvalue weighted by Crippen LogP contribution is -2.47. The normalized spacial score (nSPS) is 14.8. The quantitative estimate of drug-likeness (QED) is 0.684. The zero-order chi connectivity index (χ0) is 22.8. The van der Waals surface area contributed by atoms with Crippen LogP contribution in [-0.2, 0) is 26.0 Å². The average molecular weight is 464 g/mol. The van der Waals surface area contributed by atoms with E-state index >= 15 is 0 Å². The van der Waals surface area contributed by atoms with Gasteiger partial charge in [0.2, 0.25) is 21.8 Å². The Morgan fingerprint density at radius 3 is 2.52 bits per heavy atom. The third kappa shape index (κ3) is 5.44. The molecule has 2 amide bonds. The minimum atomic E-state index is -3.96. The van der Waals surface area contributed by atoms with Crippen LogP contribution in [0.3, 0.4) is 0 Å². The minimum Gasteiger partial charge on any atom is -0.325 e. The van der Waals surface area contributed by atoms with Gasteiger partial charge in [-0.1, -0.05) is 31.5 Å². The molecule has 31 heavy (non-hydrogen) atoms. The number of sulfonamides is 1. The van der Waals surface area contributed by atoms with Gasteiger partial charge in [0, 0.05) is 29.9 Å². The van der Waals surface area contributed by atoms with Crippen molar-refractivity contribution in [3.63, 3.8) is 0 Å². The van der Waals surface area contributed by atoms with E-state index in [0.717, 1.165) is 17.7 Å². The number of rotatable bonds is 6. The molecule has 0 radical (unpaired) electrons. The van der Waals surface area contributed by atoms with Crippen molar-refractivity contribution >= 4 is 44.8 Å². The number of amides is 2. The van der Waals surface area contributed by atoms with Crippen molar-refractivity contribution in [2.75, 3.05) is 16.8 Å². The number of nitrogens with zero attached hydrogens (tertiary/aromatic N) is 1. The fourth-order valence-corrected chi connectivity index (χ4v) is 5.17. The predicted octanol–water partition coefficient (Wildman–Crippen LogP) is 3.58. The SMILES string of the molecule is CC(=O)N1CCCc2cc(S(=O)(=O)N[C@@H](C(=O)Nc3cccc(Cl)c3)C(C)C)ccc21. The Morgan fingerprint density at radius 2 is 1.87 bits per heavy atom. The van der Waals surface area contributed by atoms with Crippen molar-refractivity contribution in [2.24, 2.45) is 5.92 Å². The molecule has 3 rings (SSSR count). The van der Waals surface area contributed by atoms with Crippen LogP contribution in [0.25, 0.3) is 0 Å². The highest BCUT2D eigenvalue weighted by Gasteiger charge is 2.30. The molecule has 1 aliphatic rings. The number of nitrogens with one attached hydrogen (secondary N) is 2. The monoisotopic (exact) mass is 463 g/mol. The zero-order valence-corrected chi connectivity index (χ0v) is 19.3. The Hall–Kier alpha value is -2.42. The van der Waals surface area contributed by atoms with Crippen LogP contribution in [0, 0.1) is 5.92 Å². The van der Waals surface area contributed by atoms with Gasteiger partial charge in [0.1, 0.15) is 6.04 Å². The van der Waals surface area contributed by atoms with Gasteiger partial charge in [-0.2, -0.15) is 4.72 Å². The first kappa shape index (κ1) is 23.2. The maximum absolute atomic E-state index is 13.1. The van der Waals surface area contributed by atoms with Crippen LogP contribution in [0.2, 0.25) is 5.02 Å². The first-order valence-electron chi connectivity index (χ1n) is 10.1. The Labute approximate surface area is 187 Å². The number of hydrogen-bond donors (Lipinski definition) is 2. The lowest BCUT2D eigenvalue weighted by atomic mass is 10.0. The summed E-state index contributed by atoms with van der Waals surface area (Å²) in [5.74, 6) is -0.839. The van der Waals surface area contributed by atoms with Crippen LogP contribution in [0.1, 0.15) is 32.8 Å². The van der Waals surface area contributed by atoms with E-state index in [1.54, 1.807) is 55.1 Å². The molecular weight excluding hydrogens is 438 g/mol. The number of benzene rings is 2. The highest BCUT2D eigenvalue weighted by atomic mass is 35.5. The molecule has 0 saturated heterocycles.